The van der Waals surface area contributed by atoms with Crippen molar-refractivity contribution in [2.75, 3.05) is 37.7 Å². The standard InChI is InChI=1S/C21H22FN3O2/c1-2-27-20-9-4-3-8-19(20)24-10-12-25(13-11-24)21(26)18-14-15-16(22)6-5-7-17(15)23-18/h3-9,14,23H,2,10-13H2,1H3. The fraction of sp³-hybridized carbons (Fsp3) is 0.286. The van der Waals surface area contributed by atoms with Crippen LogP contribution in [-0.2, 0) is 0 Å². The van der Waals surface area contributed by atoms with Crippen molar-refractivity contribution in [2.24, 2.45) is 0 Å². The van der Waals surface area contributed by atoms with Gasteiger partial charge < -0.3 is 19.5 Å². The van der Waals surface area contributed by atoms with Crippen molar-refractivity contribution in [1.29, 1.82) is 0 Å². The van der Waals surface area contributed by atoms with Crippen LogP contribution in [0.15, 0.2) is 48.5 Å². The lowest BCUT2D eigenvalue weighted by Gasteiger charge is -2.36. The van der Waals surface area contributed by atoms with E-state index >= 15 is 0 Å². The molecular formula is C21H22FN3O2. The highest BCUT2D eigenvalue weighted by Crippen LogP contribution is 2.29. The molecule has 1 amide bonds. The quantitative estimate of drug-likeness (QED) is 0.765. The Morgan fingerprint density at radius 1 is 1.11 bits per heavy atom. The van der Waals surface area contributed by atoms with Crippen LogP contribution in [0, 0.1) is 5.82 Å². The fourth-order valence-corrected chi connectivity index (χ4v) is 3.55. The summed E-state index contributed by atoms with van der Waals surface area (Å²) in [6.07, 6.45) is 0. The number of carbonyl (C=O) groups excluding carboxylic acids is 1. The van der Waals surface area contributed by atoms with E-state index < -0.39 is 0 Å². The van der Waals surface area contributed by atoms with Crippen molar-refractivity contribution >= 4 is 22.5 Å². The maximum atomic E-state index is 13.9. The molecule has 0 atom stereocenters. The van der Waals surface area contributed by atoms with Crippen molar-refractivity contribution in [3.63, 3.8) is 0 Å². The summed E-state index contributed by atoms with van der Waals surface area (Å²) in [6.45, 7) is 5.26. The van der Waals surface area contributed by atoms with E-state index in [0.29, 0.717) is 36.3 Å². The minimum atomic E-state index is -0.319. The summed E-state index contributed by atoms with van der Waals surface area (Å²) in [4.78, 5) is 19.9. The van der Waals surface area contributed by atoms with E-state index in [9.17, 15) is 9.18 Å². The van der Waals surface area contributed by atoms with Gasteiger partial charge in [0.25, 0.3) is 5.91 Å². The average Bonchev–Trinajstić information content (AvgIpc) is 3.14. The van der Waals surface area contributed by atoms with Crippen molar-refractivity contribution in [3.05, 3.63) is 60.0 Å². The molecule has 0 unspecified atom stereocenters. The van der Waals surface area contributed by atoms with Crippen LogP contribution in [0.5, 0.6) is 5.75 Å². The normalized spacial score (nSPS) is 14.6. The number of ether oxygens (including phenoxy) is 1. The molecule has 27 heavy (non-hydrogen) atoms. The summed E-state index contributed by atoms with van der Waals surface area (Å²) in [5, 5.41) is 0.449. The number of anilines is 1. The summed E-state index contributed by atoms with van der Waals surface area (Å²) >= 11 is 0. The number of rotatable bonds is 4. The number of carbonyl (C=O) groups is 1. The number of hydrogen-bond donors (Lipinski definition) is 1. The van der Waals surface area contributed by atoms with Gasteiger partial charge in [-0.15, -0.1) is 0 Å². The van der Waals surface area contributed by atoms with Crippen LogP contribution in [0.2, 0.25) is 0 Å². The maximum absolute atomic E-state index is 13.9. The van der Waals surface area contributed by atoms with Crippen molar-refractivity contribution in [2.45, 2.75) is 6.92 Å². The van der Waals surface area contributed by atoms with Gasteiger partial charge in [0, 0.05) is 37.1 Å². The van der Waals surface area contributed by atoms with E-state index in [0.717, 1.165) is 24.5 Å². The number of nitrogens with zero attached hydrogens (tertiary/aromatic N) is 2. The lowest BCUT2D eigenvalue weighted by atomic mass is 10.2. The van der Waals surface area contributed by atoms with Gasteiger partial charge in [0.2, 0.25) is 0 Å². The third-order valence-corrected chi connectivity index (χ3v) is 4.91. The van der Waals surface area contributed by atoms with Gasteiger partial charge in [0.15, 0.2) is 0 Å². The van der Waals surface area contributed by atoms with Crippen LogP contribution in [0.4, 0.5) is 10.1 Å². The third kappa shape index (κ3) is 3.35. The zero-order valence-electron chi connectivity index (χ0n) is 15.2. The van der Waals surface area contributed by atoms with Gasteiger partial charge >= 0.3 is 0 Å². The van der Waals surface area contributed by atoms with Crippen LogP contribution in [-0.4, -0.2) is 48.6 Å². The number of H-pyrrole nitrogens is 1. The van der Waals surface area contributed by atoms with Crippen LogP contribution in [0.1, 0.15) is 17.4 Å². The number of nitrogens with one attached hydrogen (secondary N) is 1. The molecule has 0 saturated carbocycles. The predicted octanol–water partition coefficient (Wildman–Crippen LogP) is 3.67. The van der Waals surface area contributed by atoms with Gasteiger partial charge in [0.05, 0.1) is 12.3 Å². The second-order valence-electron chi connectivity index (χ2n) is 6.56. The van der Waals surface area contributed by atoms with Crippen molar-refractivity contribution in [1.82, 2.24) is 9.88 Å². The van der Waals surface area contributed by atoms with E-state index in [1.165, 1.54) is 6.07 Å². The average molecular weight is 367 g/mol. The summed E-state index contributed by atoms with van der Waals surface area (Å²) in [6, 6.07) is 14.4. The first-order chi connectivity index (χ1) is 13.2. The number of amides is 1. The fourth-order valence-electron chi connectivity index (χ4n) is 3.55. The molecule has 5 nitrogen and oxygen atoms in total. The van der Waals surface area contributed by atoms with Gasteiger partial charge in [-0.3, -0.25) is 4.79 Å². The number of benzene rings is 2. The highest BCUT2D eigenvalue weighted by Gasteiger charge is 2.25. The first-order valence-electron chi connectivity index (χ1n) is 9.20. The van der Waals surface area contributed by atoms with Crippen LogP contribution >= 0.6 is 0 Å². The molecule has 1 saturated heterocycles. The number of fused-ring (bicyclic) bond motifs is 1. The van der Waals surface area contributed by atoms with Crippen LogP contribution in [0.3, 0.4) is 0 Å². The van der Waals surface area contributed by atoms with E-state index in [1.807, 2.05) is 36.1 Å². The van der Waals surface area contributed by atoms with Gasteiger partial charge in [-0.2, -0.15) is 0 Å². The molecule has 3 aromatic rings. The van der Waals surface area contributed by atoms with E-state index in [-0.39, 0.29) is 11.7 Å². The second-order valence-corrected chi connectivity index (χ2v) is 6.56. The van der Waals surface area contributed by atoms with E-state index in [2.05, 4.69) is 9.88 Å². The van der Waals surface area contributed by atoms with Crippen LogP contribution < -0.4 is 9.64 Å². The minimum absolute atomic E-state index is 0.0941. The molecule has 0 radical (unpaired) electrons. The Kier molecular flexibility index (Phi) is 4.71. The molecule has 140 valence electrons. The molecule has 1 aliphatic rings. The number of aromatic nitrogens is 1. The highest BCUT2D eigenvalue weighted by molar-refractivity contribution is 5.98. The Bertz CT molecular complexity index is 961. The SMILES string of the molecule is CCOc1ccccc1N1CCN(C(=O)c2cc3c(F)cccc3[nH]2)CC1. The lowest BCUT2D eigenvalue weighted by molar-refractivity contribution is 0.0741. The molecular weight excluding hydrogens is 345 g/mol. The summed E-state index contributed by atoms with van der Waals surface area (Å²) in [7, 11) is 0. The first-order valence-corrected chi connectivity index (χ1v) is 9.20. The zero-order valence-corrected chi connectivity index (χ0v) is 15.2. The molecule has 1 aliphatic heterocycles. The highest BCUT2D eigenvalue weighted by atomic mass is 19.1. The Morgan fingerprint density at radius 3 is 2.63 bits per heavy atom. The van der Waals surface area contributed by atoms with Gasteiger partial charge in [-0.25, -0.2) is 4.39 Å². The molecule has 2 aromatic carbocycles. The Morgan fingerprint density at radius 2 is 1.89 bits per heavy atom. The number of para-hydroxylation sites is 2. The molecule has 1 aromatic heterocycles. The number of piperazine rings is 1. The molecule has 0 aliphatic carbocycles. The van der Waals surface area contributed by atoms with E-state index in [4.69, 9.17) is 4.74 Å². The van der Waals surface area contributed by atoms with Gasteiger partial charge in [-0.1, -0.05) is 18.2 Å². The molecule has 6 heteroatoms. The largest absolute Gasteiger partial charge is 0.492 e. The topological polar surface area (TPSA) is 48.6 Å². The minimum Gasteiger partial charge on any atom is -0.492 e. The summed E-state index contributed by atoms with van der Waals surface area (Å²) < 4.78 is 19.6. The molecule has 4 rings (SSSR count). The Labute approximate surface area is 157 Å². The van der Waals surface area contributed by atoms with Crippen molar-refractivity contribution < 1.29 is 13.9 Å². The second kappa shape index (κ2) is 7.31. The molecule has 1 fully saturated rings. The summed E-state index contributed by atoms with van der Waals surface area (Å²) in [5.74, 6) is 0.453. The zero-order chi connectivity index (χ0) is 18.8. The van der Waals surface area contributed by atoms with Gasteiger partial charge in [-0.05, 0) is 37.3 Å². The number of hydrogen-bond acceptors (Lipinski definition) is 3. The van der Waals surface area contributed by atoms with Gasteiger partial charge in [0.1, 0.15) is 17.3 Å². The van der Waals surface area contributed by atoms with Crippen molar-refractivity contribution in [3.8, 4) is 5.75 Å². The summed E-state index contributed by atoms with van der Waals surface area (Å²) in [5.41, 5.74) is 2.13. The predicted molar refractivity (Wildman–Crippen MR) is 104 cm³/mol. The lowest BCUT2D eigenvalue weighted by Crippen LogP contribution is -2.49. The Hall–Kier alpha value is -3.02. The smallest absolute Gasteiger partial charge is 0.270 e. The maximum Gasteiger partial charge on any atom is 0.270 e. The van der Waals surface area contributed by atoms with E-state index in [1.54, 1.807) is 18.2 Å². The third-order valence-electron chi connectivity index (χ3n) is 4.91. The molecule has 1 N–H and O–H groups in total. The number of halogens is 1. The molecule has 0 bridgehead atoms. The molecule has 0 spiro atoms. The van der Waals surface area contributed by atoms with Crippen LogP contribution in [0.25, 0.3) is 10.9 Å². The first kappa shape index (κ1) is 17.4. The molecule has 2 heterocycles. The number of aromatic amines is 1. The Balaban J connectivity index is 1.47. The monoisotopic (exact) mass is 367 g/mol.